The van der Waals surface area contributed by atoms with Crippen LogP contribution in [0.1, 0.15) is 30.4 Å². The molecule has 0 bridgehead atoms. The zero-order chi connectivity index (χ0) is 17.5. The quantitative estimate of drug-likeness (QED) is 0.645. The van der Waals surface area contributed by atoms with Crippen LogP contribution in [-0.2, 0) is 9.84 Å². The average Bonchev–Trinajstić information content (AvgIpc) is 2.60. The van der Waals surface area contributed by atoms with Crippen molar-refractivity contribution in [2.24, 2.45) is 5.92 Å². The minimum absolute atomic E-state index is 0.0892. The number of rotatable bonds is 2. The van der Waals surface area contributed by atoms with Crippen LogP contribution in [0.25, 0.3) is 0 Å². The van der Waals surface area contributed by atoms with Crippen LogP contribution in [-0.4, -0.2) is 25.4 Å². The van der Waals surface area contributed by atoms with Gasteiger partial charge in [-0.1, -0.05) is 19.1 Å². The fraction of sp³-hybridized carbons (Fsp3) is 0.333. The molecule has 3 rings (SSSR count). The molecule has 1 heterocycles. The van der Waals surface area contributed by atoms with Gasteiger partial charge in [0.25, 0.3) is 0 Å². The molecule has 3 atom stereocenters. The van der Waals surface area contributed by atoms with E-state index in [0.717, 1.165) is 6.07 Å². The van der Waals surface area contributed by atoms with Crippen molar-refractivity contribution in [3.8, 4) is 0 Å². The lowest BCUT2D eigenvalue weighted by molar-refractivity contribution is 0.100. The minimum atomic E-state index is -3.60. The Morgan fingerprint density at radius 1 is 1.25 bits per heavy atom. The standard InChI is InChI=1S/C18H20FNO3S/c1-2-11-10-24(22,23)16-7-6-13(19)9-15(16)17(18(11)21)12-4-3-5-14(20)8-12/h3-9,11,17-18,21H,2,10,20H2,1H3. The number of aliphatic hydroxyl groups is 1. The van der Waals surface area contributed by atoms with E-state index in [4.69, 9.17) is 5.73 Å². The topological polar surface area (TPSA) is 80.4 Å². The maximum absolute atomic E-state index is 13.9. The van der Waals surface area contributed by atoms with E-state index in [1.54, 1.807) is 24.3 Å². The lowest BCUT2D eigenvalue weighted by Gasteiger charge is -2.27. The monoisotopic (exact) mass is 349 g/mol. The second-order valence-electron chi connectivity index (χ2n) is 6.27. The molecule has 1 aliphatic rings. The van der Waals surface area contributed by atoms with Crippen LogP contribution in [0.3, 0.4) is 0 Å². The first-order valence-electron chi connectivity index (χ1n) is 7.89. The van der Waals surface area contributed by atoms with Gasteiger partial charge in [-0.15, -0.1) is 0 Å². The number of benzene rings is 2. The van der Waals surface area contributed by atoms with Crippen molar-refractivity contribution in [2.45, 2.75) is 30.3 Å². The zero-order valence-electron chi connectivity index (χ0n) is 13.3. The molecule has 0 saturated carbocycles. The Labute approximate surface area is 141 Å². The number of aliphatic hydroxyl groups excluding tert-OH is 1. The molecule has 0 aliphatic carbocycles. The lowest BCUT2D eigenvalue weighted by Crippen LogP contribution is -2.30. The number of anilines is 1. The number of nitrogen functional groups attached to an aromatic ring is 1. The van der Waals surface area contributed by atoms with Crippen LogP contribution >= 0.6 is 0 Å². The summed E-state index contributed by atoms with van der Waals surface area (Å²) in [7, 11) is -3.60. The van der Waals surface area contributed by atoms with Gasteiger partial charge >= 0.3 is 0 Å². The Morgan fingerprint density at radius 2 is 2.00 bits per heavy atom. The summed E-state index contributed by atoms with van der Waals surface area (Å²) in [6, 6.07) is 10.6. The summed E-state index contributed by atoms with van der Waals surface area (Å²) in [6.45, 7) is 1.84. The molecule has 0 radical (unpaired) electrons. The predicted molar refractivity (Wildman–Crippen MR) is 90.9 cm³/mol. The SMILES string of the molecule is CCC1CS(=O)(=O)c2ccc(F)cc2C(c2cccc(N)c2)C1O. The molecule has 128 valence electrons. The Bertz CT molecular complexity index is 866. The van der Waals surface area contributed by atoms with Gasteiger partial charge in [0, 0.05) is 11.6 Å². The molecular formula is C18H20FNO3S. The second-order valence-corrected chi connectivity index (χ2v) is 8.27. The number of nitrogens with two attached hydrogens (primary N) is 1. The van der Waals surface area contributed by atoms with Gasteiger partial charge in [-0.25, -0.2) is 12.8 Å². The van der Waals surface area contributed by atoms with Crippen LogP contribution in [0.2, 0.25) is 0 Å². The van der Waals surface area contributed by atoms with Crippen LogP contribution in [0, 0.1) is 11.7 Å². The molecular weight excluding hydrogens is 329 g/mol. The molecule has 0 fully saturated rings. The Hall–Kier alpha value is -1.92. The minimum Gasteiger partial charge on any atom is -0.399 e. The summed E-state index contributed by atoms with van der Waals surface area (Å²) in [6.07, 6.45) is -0.426. The first-order chi connectivity index (χ1) is 11.3. The third kappa shape index (κ3) is 2.91. The highest BCUT2D eigenvalue weighted by atomic mass is 32.2. The molecule has 2 aromatic carbocycles. The smallest absolute Gasteiger partial charge is 0.179 e. The molecule has 0 aromatic heterocycles. The molecule has 1 aliphatic heterocycles. The van der Waals surface area contributed by atoms with E-state index >= 15 is 0 Å². The largest absolute Gasteiger partial charge is 0.399 e. The second kappa shape index (κ2) is 6.18. The predicted octanol–water partition coefficient (Wildman–Crippen LogP) is 2.71. The molecule has 0 spiro atoms. The molecule has 0 amide bonds. The molecule has 2 aromatic rings. The fourth-order valence-electron chi connectivity index (χ4n) is 3.46. The van der Waals surface area contributed by atoms with E-state index in [-0.39, 0.29) is 10.6 Å². The van der Waals surface area contributed by atoms with E-state index < -0.39 is 33.6 Å². The van der Waals surface area contributed by atoms with Gasteiger partial charge in [-0.3, -0.25) is 0 Å². The zero-order valence-corrected chi connectivity index (χ0v) is 14.1. The maximum Gasteiger partial charge on any atom is 0.179 e. The van der Waals surface area contributed by atoms with Crippen LogP contribution in [0.5, 0.6) is 0 Å². The Morgan fingerprint density at radius 3 is 2.67 bits per heavy atom. The summed E-state index contributed by atoms with van der Waals surface area (Å²) >= 11 is 0. The molecule has 4 nitrogen and oxygen atoms in total. The van der Waals surface area contributed by atoms with E-state index in [9.17, 15) is 17.9 Å². The van der Waals surface area contributed by atoms with Crippen molar-refractivity contribution < 1.29 is 17.9 Å². The molecule has 3 N–H and O–H groups in total. The van der Waals surface area contributed by atoms with Gasteiger partial charge in [0.15, 0.2) is 9.84 Å². The highest BCUT2D eigenvalue weighted by molar-refractivity contribution is 7.91. The van der Waals surface area contributed by atoms with Crippen molar-refractivity contribution >= 4 is 15.5 Å². The van der Waals surface area contributed by atoms with Crippen LogP contribution in [0.15, 0.2) is 47.4 Å². The highest BCUT2D eigenvalue weighted by Gasteiger charge is 2.39. The number of sulfone groups is 1. The molecule has 6 heteroatoms. The number of hydrogen-bond acceptors (Lipinski definition) is 4. The normalized spacial score (nSPS) is 25.7. The highest BCUT2D eigenvalue weighted by Crippen LogP contribution is 2.41. The summed E-state index contributed by atoms with van der Waals surface area (Å²) in [4.78, 5) is 0.0892. The van der Waals surface area contributed by atoms with Crippen LogP contribution < -0.4 is 5.73 Å². The van der Waals surface area contributed by atoms with Crippen molar-refractivity contribution in [1.82, 2.24) is 0 Å². The summed E-state index contributed by atoms with van der Waals surface area (Å²) < 4.78 is 39.3. The van der Waals surface area contributed by atoms with Crippen molar-refractivity contribution in [3.05, 3.63) is 59.4 Å². The van der Waals surface area contributed by atoms with E-state index in [1.807, 2.05) is 6.92 Å². The molecule has 0 saturated heterocycles. The van der Waals surface area contributed by atoms with Gasteiger partial charge in [0.2, 0.25) is 0 Å². The van der Waals surface area contributed by atoms with Crippen LogP contribution in [0.4, 0.5) is 10.1 Å². The first kappa shape index (κ1) is 16.9. The molecule has 3 unspecified atom stereocenters. The average molecular weight is 349 g/mol. The van der Waals surface area contributed by atoms with Crippen molar-refractivity contribution in [2.75, 3.05) is 11.5 Å². The van der Waals surface area contributed by atoms with Crippen molar-refractivity contribution in [1.29, 1.82) is 0 Å². The molecule has 24 heavy (non-hydrogen) atoms. The summed E-state index contributed by atoms with van der Waals surface area (Å²) in [5.41, 5.74) is 7.34. The van der Waals surface area contributed by atoms with Gasteiger partial charge in [0.1, 0.15) is 5.82 Å². The third-order valence-electron chi connectivity index (χ3n) is 4.69. The van der Waals surface area contributed by atoms with Gasteiger partial charge in [-0.05, 0) is 53.8 Å². The maximum atomic E-state index is 13.9. The van der Waals surface area contributed by atoms with Crippen molar-refractivity contribution in [3.63, 3.8) is 0 Å². The summed E-state index contributed by atoms with van der Waals surface area (Å²) in [5, 5.41) is 10.9. The van der Waals surface area contributed by atoms with Gasteiger partial charge in [-0.2, -0.15) is 0 Å². The Balaban J connectivity index is 2.29. The third-order valence-corrected chi connectivity index (χ3v) is 6.60. The van der Waals surface area contributed by atoms with E-state index in [1.165, 1.54) is 12.1 Å². The fourth-order valence-corrected chi connectivity index (χ4v) is 5.46. The van der Waals surface area contributed by atoms with E-state index in [0.29, 0.717) is 23.2 Å². The van der Waals surface area contributed by atoms with Gasteiger partial charge in [0.05, 0.1) is 16.8 Å². The number of fused-ring (bicyclic) bond motifs is 1. The Kier molecular flexibility index (Phi) is 4.36. The summed E-state index contributed by atoms with van der Waals surface area (Å²) in [5.74, 6) is -1.75. The van der Waals surface area contributed by atoms with E-state index in [2.05, 4.69) is 0 Å². The lowest BCUT2D eigenvalue weighted by atomic mass is 9.80. The number of hydrogen-bond donors (Lipinski definition) is 2. The first-order valence-corrected chi connectivity index (χ1v) is 9.54. The van der Waals surface area contributed by atoms with Gasteiger partial charge < -0.3 is 10.8 Å². The number of halogens is 1.